The van der Waals surface area contributed by atoms with Crippen LogP contribution in [0, 0.1) is 11.8 Å². The minimum atomic E-state index is -0.796. The van der Waals surface area contributed by atoms with Crippen molar-refractivity contribution in [1.82, 2.24) is 0 Å². The molecule has 1 spiro atoms. The number of methoxy groups -OCH3 is 3. The van der Waals surface area contributed by atoms with Gasteiger partial charge in [-0.2, -0.15) is 0 Å². The Bertz CT molecular complexity index is 1170. The van der Waals surface area contributed by atoms with E-state index in [2.05, 4.69) is 19.2 Å². The minimum absolute atomic E-state index is 0.0980. The molecule has 3 heterocycles. The van der Waals surface area contributed by atoms with Crippen LogP contribution in [0.2, 0.25) is 0 Å². The van der Waals surface area contributed by atoms with E-state index in [4.69, 9.17) is 18.9 Å². The van der Waals surface area contributed by atoms with Gasteiger partial charge in [0.25, 0.3) is 0 Å². The molecule has 35 heavy (non-hydrogen) atoms. The molecule has 3 unspecified atom stereocenters. The molecule has 2 fully saturated rings. The quantitative estimate of drug-likeness (QED) is 0.610. The summed E-state index contributed by atoms with van der Waals surface area (Å²) in [4.78, 5) is 28.9. The molecule has 8 nitrogen and oxygen atoms in total. The lowest BCUT2D eigenvalue weighted by Gasteiger charge is -2.24. The molecule has 8 heteroatoms. The summed E-state index contributed by atoms with van der Waals surface area (Å²) < 4.78 is 22.4. The van der Waals surface area contributed by atoms with Crippen molar-refractivity contribution in [1.29, 1.82) is 0 Å². The minimum Gasteiger partial charge on any atom is -0.493 e. The van der Waals surface area contributed by atoms with E-state index in [1.807, 2.05) is 36.4 Å². The van der Waals surface area contributed by atoms with Gasteiger partial charge in [-0.25, -0.2) is 0 Å². The Morgan fingerprint density at radius 2 is 1.74 bits per heavy atom. The number of ether oxygens (including phenoxy) is 4. The fraction of sp³-hybridized carbons (Fsp3) is 0.407. The summed E-state index contributed by atoms with van der Waals surface area (Å²) in [6, 6.07) is 11.3. The average molecular weight is 479 g/mol. The summed E-state index contributed by atoms with van der Waals surface area (Å²) in [6.45, 7) is 4.65. The highest BCUT2D eigenvalue weighted by atomic mass is 16.5. The fourth-order valence-corrected chi connectivity index (χ4v) is 5.43. The van der Waals surface area contributed by atoms with Gasteiger partial charge in [-0.05, 0) is 23.6 Å². The first-order valence-corrected chi connectivity index (χ1v) is 11.7. The predicted molar refractivity (Wildman–Crippen MR) is 131 cm³/mol. The SMILES string of the molecule is COc1cc(NC(=O)C2C3C(=O)N(c4ccc(C(C)C)cc4)CC34C=C[C@H]2O4)cc(OC)c1OC. The number of rotatable bonds is 7. The molecular formula is C27H30N2O6. The summed E-state index contributed by atoms with van der Waals surface area (Å²) in [7, 11) is 4.55. The molecule has 184 valence electrons. The van der Waals surface area contributed by atoms with Crippen LogP contribution in [0.3, 0.4) is 0 Å². The van der Waals surface area contributed by atoms with Crippen LogP contribution in [0.5, 0.6) is 17.2 Å². The predicted octanol–water partition coefficient (Wildman–Crippen LogP) is 3.76. The van der Waals surface area contributed by atoms with Gasteiger partial charge in [0, 0.05) is 23.5 Å². The van der Waals surface area contributed by atoms with E-state index in [1.165, 1.54) is 26.9 Å². The van der Waals surface area contributed by atoms with Crippen LogP contribution in [0.4, 0.5) is 11.4 Å². The Morgan fingerprint density at radius 3 is 2.31 bits per heavy atom. The van der Waals surface area contributed by atoms with Crippen LogP contribution in [-0.2, 0) is 14.3 Å². The van der Waals surface area contributed by atoms with E-state index in [-0.39, 0.29) is 11.8 Å². The lowest BCUT2D eigenvalue weighted by atomic mass is 9.76. The summed E-state index contributed by atoms with van der Waals surface area (Å²) in [5.74, 6) is 0.0666. The lowest BCUT2D eigenvalue weighted by molar-refractivity contribution is -0.128. The third-order valence-electron chi connectivity index (χ3n) is 7.21. The Hall–Kier alpha value is -3.52. The largest absolute Gasteiger partial charge is 0.493 e. The topological polar surface area (TPSA) is 86.3 Å². The lowest BCUT2D eigenvalue weighted by Crippen LogP contribution is -2.41. The van der Waals surface area contributed by atoms with Gasteiger partial charge in [-0.15, -0.1) is 0 Å². The normalized spacial score (nSPS) is 26.3. The molecule has 0 radical (unpaired) electrons. The molecule has 4 atom stereocenters. The standard InChI is InChI=1S/C27H30N2O6/c1-15(2)16-6-8-18(9-7-16)29-14-27-11-10-19(35-27)22(23(27)26(29)31)25(30)28-17-12-20(32-3)24(34-5)21(13-17)33-4/h6-13,15,19,22-23H,14H2,1-5H3,(H,28,30)/t19-,22?,23?,27?/m1/s1. The number of anilines is 2. The summed E-state index contributed by atoms with van der Waals surface area (Å²) in [6.07, 6.45) is 3.40. The molecule has 5 rings (SSSR count). The van der Waals surface area contributed by atoms with Crippen molar-refractivity contribution >= 4 is 23.2 Å². The van der Waals surface area contributed by atoms with Crippen LogP contribution in [0.15, 0.2) is 48.6 Å². The van der Waals surface area contributed by atoms with Crippen molar-refractivity contribution in [2.45, 2.75) is 31.5 Å². The Labute approximate surface area is 204 Å². The van der Waals surface area contributed by atoms with Crippen molar-refractivity contribution in [2.75, 3.05) is 38.1 Å². The number of nitrogens with one attached hydrogen (secondary N) is 1. The van der Waals surface area contributed by atoms with Crippen molar-refractivity contribution < 1.29 is 28.5 Å². The van der Waals surface area contributed by atoms with E-state index in [0.717, 1.165) is 5.69 Å². The maximum absolute atomic E-state index is 13.6. The molecule has 2 amide bonds. The first-order chi connectivity index (χ1) is 16.8. The van der Waals surface area contributed by atoms with E-state index >= 15 is 0 Å². The third kappa shape index (κ3) is 3.63. The van der Waals surface area contributed by atoms with Crippen LogP contribution >= 0.6 is 0 Å². The highest BCUT2D eigenvalue weighted by Gasteiger charge is 2.67. The number of amides is 2. The number of hydrogen-bond donors (Lipinski definition) is 1. The second-order valence-corrected chi connectivity index (χ2v) is 9.47. The summed E-state index contributed by atoms with van der Waals surface area (Å²) in [5, 5.41) is 2.93. The third-order valence-corrected chi connectivity index (χ3v) is 7.21. The Morgan fingerprint density at radius 1 is 1.09 bits per heavy atom. The van der Waals surface area contributed by atoms with E-state index in [1.54, 1.807) is 17.0 Å². The van der Waals surface area contributed by atoms with Crippen LogP contribution < -0.4 is 24.4 Å². The van der Waals surface area contributed by atoms with Gasteiger partial charge >= 0.3 is 0 Å². The first kappa shape index (κ1) is 23.2. The van der Waals surface area contributed by atoms with Crippen LogP contribution in [0.1, 0.15) is 25.3 Å². The molecule has 1 N–H and O–H groups in total. The molecule has 2 saturated heterocycles. The number of fused-ring (bicyclic) bond motifs is 1. The van der Waals surface area contributed by atoms with Gasteiger partial charge in [0.05, 0.1) is 45.8 Å². The van der Waals surface area contributed by atoms with E-state index in [0.29, 0.717) is 35.4 Å². The number of hydrogen-bond acceptors (Lipinski definition) is 6. The molecule has 0 aliphatic carbocycles. The molecule has 0 aromatic heterocycles. The van der Waals surface area contributed by atoms with Gasteiger partial charge in [0.15, 0.2) is 11.5 Å². The highest BCUT2D eigenvalue weighted by molar-refractivity contribution is 6.05. The number of nitrogens with zero attached hydrogens (tertiary/aromatic N) is 1. The number of carbonyl (C=O) groups excluding carboxylic acids is 2. The molecule has 3 aliphatic rings. The zero-order valence-electron chi connectivity index (χ0n) is 20.5. The van der Waals surface area contributed by atoms with E-state index in [9.17, 15) is 9.59 Å². The van der Waals surface area contributed by atoms with Crippen LogP contribution in [0.25, 0.3) is 0 Å². The molecule has 3 aliphatic heterocycles. The van der Waals surface area contributed by atoms with Gasteiger partial charge in [0.1, 0.15) is 5.60 Å². The van der Waals surface area contributed by atoms with Gasteiger partial charge in [-0.1, -0.05) is 38.1 Å². The number of benzene rings is 2. The van der Waals surface area contributed by atoms with Gasteiger partial charge in [0.2, 0.25) is 17.6 Å². The summed E-state index contributed by atoms with van der Waals surface area (Å²) in [5.41, 5.74) is 1.71. The zero-order valence-corrected chi connectivity index (χ0v) is 20.5. The molecule has 2 aromatic carbocycles. The summed E-state index contributed by atoms with van der Waals surface area (Å²) >= 11 is 0. The molecular weight excluding hydrogens is 448 g/mol. The van der Waals surface area contributed by atoms with E-state index < -0.39 is 23.5 Å². The second kappa shape index (κ2) is 8.61. The van der Waals surface area contributed by atoms with Crippen molar-refractivity contribution in [2.24, 2.45) is 11.8 Å². The zero-order chi connectivity index (χ0) is 24.9. The van der Waals surface area contributed by atoms with Gasteiger partial charge < -0.3 is 29.2 Å². The Kier molecular flexibility index (Phi) is 5.71. The van der Waals surface area contributed by atoms with Gasteiger partial charge in [-0.3, -0.25) is 9.59 Å². The highest BCUT2D eigenvalue weighted by Crippen LogP contribution is 2.53. The maximum atomic E-state index is 13.6. The molecule has 2 aromatic rings. The van der Waals surface area contributed by atoms with Crippen molar-refractivity contribution in [3.05, 3.63) is 54.1 Å². The van der Waals surface area contributed by atoms with Crippen LogP contribution in [-0.4, -0.2) is 51.4 Å². The monoisotopic (exact) mass is 478 g/mol. The first-order valence-electron chi connectivity index (χ1n) is 11.7. The average Bonchev–Trinajstić information content (AvgIpc) is 3.51. The Balaban J connectivity index is 1.41. The van der Waals surface area contributed by atoms with Crippen molar-refractivity contribution in [3.8, 4) is 17.2 Å². The smallest absolute Gasteiger partial charge is 0.234 e. The second-order valence-electron chi connectivity index (χ2n) is 9.47. The molecule has 0 saturated carbocycles. The molecule has 2 bridgehead atoms. The number of carbonyl (C=O) groups is 2. The fourth-order valence-electron chi connectivity index (χ4n) is 5.43. The van der Waals surface area contributed by atoms with Crippen molar-refractivity contribution in [3.63, 3.8) is 0 Å². The maximum Gasteiger partial charge on any atom is 0.234 e.